The molecule has 1 aliphatic heterocycles. The van der Waals surface area contributed by atoms with Crippen molar-refractivity contribution in [3.8, 4) is 5.75 Å². The largest absolute Gasteiger partial charge is 0.483 e. The number of halogens is 6. The normalized spacial score (nSPS) is 20.0. The van der Waals surface area contributed by atoms with Gasteiger partial charge in [0.05, 0.1) is 10.9 Å². The zero-order valence-electron chi connectivity index (χ0n) is 21.6. The van der Waals surface area contributed by atoms with Crippen LogP contribution < -0.4 is 4.74 Å². The number of hydrogen-bond donors (Lipinski definition) is 1. The van der Waals surface area contributed by atoms with Crippen LogP contribution in [0.3, 0.4) is 0 Å². The molecule has 0 amide bonds. The second-order valence-corrected chi connectivity index (χ2v) is 12.9. The van der Waals surface area contributed by atoms with E-state index >= 15 is 0 Å². The van der Waals surface area contributed by atoms with Crippen LogP contribution in [0.15, 0.2) is 93.5 Å². The molecule has 0 radical (unpaired) electrons. The van der Waals surface area contributed by atoms with Crippen molar-refractivity contribution in [2.75, 3.05) is 13.2 Å². The summed E-state index contributed by atoms with van der Waals surface area (Å²) in [6, 6.07) is 21.3. The van der Waals surface area contributed by atoms with Gasteiger partial charge in [-0.25, -0.2) is 0 Å². The molecule has 1 N–H and O–H groups in total. The van der Waals surface area contributed by atoms with Gasteiger partial charge in [-0.15, -0.1) is 0 Å². The van der Waals surface area contributed by atoms with E-state index in [0.29, 0.717) is 9.79 Å². The monoisotopic (exact) mass is 623 g/mol. The molecule has 2 unspecified atom stereocenters. The molecule has 3 aromatic rings. The van der Waals surface area contributed by atoms with Gasteiger partial charge in [-0.3, -0.25) is 4.55 Å². The van der Waals surface area contributed by atoms with Crippen molar-refractivity contribution in [1.82, 2.24) is 0 Å². The number of benzene rings is 3. The number of ether oxygens (including phenoxy) is 3. The van der Waals surface area contributed by atoms with Crippen molar-refractivity contribution < 1.29 is 53.5 Å². The van der Waals surface area contributed by atoms with Crippen LogP contribution in [0.1, 0.15) is 19.4 Å². The van der Waals surface area contributed by atoms with Gasteiger partial charge < -0.3 is 14.2 Å². The second-order valence-electron chi connectivity index (χ2n) is 9.35. The Kier molecular flexibility index (Phi) is 8.46. The van der Waals surface area contributed by atoms with Crippen LogP contribution in [0.5, 0.6) is 5.75 Å². The summed E-state index contributed by atoms with van der Waals surface area (Å²) in [5.41, 5.74) is 0.213. The summed E-state index contributed by atoms with van der Waals surface area (Å²) in [6.07, 6.45) is -2.22. The fourth-order valence-corrected chi connectivity index (χ4v) is 6.46. The minimum atomic E-state index is -5.73. The highest BCUT2D eigenvalue weighted by Gasteiger charge is 2.60. The van der Waals surface area contributed by atoms with Gasteiger partial charge in [0.2, 0.25) is 0 Å². The first-order valence-corrected chi connectivity index (χ1v) is 14.7. The van der Waals surface area contributed by atoms with Gasteiger partial charge in [0.15, 0.2) is 26.6 Å². The van der Waals surface area contributed by atoms with E-state index in [-0.39, 0.29) is 11.3 Å². The fourth-order valence-electron chi connectivity index (χ4n) is 3.89. The molecule has 0 bridgehead atoms. The third-order valence-corrected chi connectivity index (χ3v) is 9.59. The van der Waals surface area contributed by atoms with E-state index in [9.17, 15) is 34.8 Å². The third-order valence-electron chi connectivity index (χ3n) is 6.36. The first-order chi connectivity index (χ1) is 19.0. The average Bonchev–Trinajstić information content (AvgIpc) is 2.99. The molecule has 222 valence electrons. The Morgan fingerprint density at radius 2 is 1.37 bits per heavy atom. The molecular weight excluding hydrogens is 598 g/mol. The van der Waals surface area contributed by atoms with Crippen molar-refractivity contribution in [3.05, 3.63) is 84.4 Å². The summed E-state index contributed by atoms with van der Waals surface area (Å²) in [5, 5.41) is -4.56. The summed E-state index contributed by atoms with van der Waals surface area (Å²) in [5.74, 6) is -10.8. The smallest absolute Gasteiger partial charge is 0.405 e. The van der Waals surface area contributed by atoms with Gasteiger partial charge >= 0.3 is 27.2 Å². The van der Waals surface area contributed by atoms with E-state index in [1.165, 1.54) is 37.3 Å². The van der Waals surface area contributed by atoms with E-state index in [2.05, 4.69) is 0 Å². The standard InChI is InChI=1S/C27H24F6O6S2/c1-18(27(32,33)41(34,35)36)39-20-7-6-10-23(15-20)40(21-8-4-3-5-9-21)22-13-11-19(12-14-22)24(2)37-16-25(28,29)26(30,31)17-38-24/h3-15,18H,16-17H2,1-2H3/p+1. The lowest BCUT2D eigenvalue weighted by molar-refractivity contribution is -0.233. The van der Waals surface area contributed by atoms with Crippen LogP contribution in [0.25, 0.3) is 0 Å². The molecule has 1 heterocycles. The summed E-state index contributed by atoms with van der Waals surface area (Å²) in [7, 11) is -6.62. The Hall–Kier alpha value is -2.78. The Bertz CT molecular complexity index is 1450. The van der Waals surface area contributed by atoms with E-state index in [1.807, 2.05) is 12.1 Å². The van der Waals surface area contributed by atoms with E-state index in [1.54, 1.807) is 36.4 Å². The summed E-state index contributed by atoms with van der Waals surface area (Å²) < 4.78 is 130. The Morgan fingerprint density at radius 3 is 1.90 bits per heavy atom. The summed E-state index contributed by atoms with van der Waals surface area (Å²) in [4.78, 5) is 2.04. The Balaban J connectivity index is 1.67. The minimum Gasteiger partial charge on any atom is -0.483 e. The van der Waals surface area contributed by atoms with Crippen LogP contribution >= 0.6 is 0 Å². The van der Waals surface area contributed by atoms with Gasteiger partial charge in [0, 0.05) is 11.6 Å². The van der Waals surface area contributed by atoms with Crippen LogP contribution in [0.4, 0.5) is 26.3 Å². The van der Waals surface area contributed by atoms with Gasteiger partial charge in [-0.1, -0.05) is 24.3 Å². The molecule has 4 rings (SSSR count). The quantitative estimate of drug-likeness (QED) is 0.175. The first-order valence-electron chi connectivity index (χ1n) is 12.0. The molecule has 1 fully saturated rings. The lowest BCUT2D eigenvalue weighted by Gasteiger charge is -2.28. The van der Waals surface area contributed by atoms with E-state index < -0.39 is 63.2 Å². The van der Waals surface area contributed by atoms with Gasteiger partial charge in [-0.2, -0.15) is 34.8 Å². The molecule has 1 saturated heterocycles. The minimum absolute atomic E-state index is 0.0852. The maximum absolute atomic E-state index is 14.1. The van der Waals surface area contributed by atoms with Gasteiger partial charge in [-0.05, 0) is 62.4 Å². The number of hydrogen-bond acceptors (Lipinski definition) is 5. The molecule has 0 spiro atoms. The molecule has 1 aliphatic rings. The van der Waals surface area contributed by atoms with Gasteiger partial charge in [0.25, 0.3) is 0 Å². The molecule has 3 aromatic carbocycles. The number of alkyl halides is 6. The summed E-state index contributed by atoms with van der Waals surface area (Å²) >= 11 is 0. The van der Waals surface area contributed by atoms with Crippen molar-refractivity contribution in [2.45, 2.75) is 57.5 Å². The van der Waals surface area contributed by atoms with Crippen molar-refractivity contribution in [3.63, 3.8) is 0 Å². The Morgan fingerprint density at radius 1 is 0.854 bits per heavy atom. The molecule has 2 atom stereocenters. The van der Waals surface area contributed by atoms with Crippen LogP contribution in [0, 0.1) is 0 Å². The number of rotatable bonds is 8. The molecule has 6 nitrogen and oxygen atoms in total. The highest BCUT2D eigenvalue weighted by molar-refractivity contribution is 7.97. The van der Waals surface area contributed by atoms with E-state index in [4.69, 9.17) is 18.8 Å². The molecule has 14 heteroatoms. The molecule has 0 aromatic heterocycles. The lowest BCUT2D eigenvalue weighted by Crippen LogP contribution is -2.45. The first kappa shape index (κ1) is 31.2. The predicted octanol–water partition coefficient (Wildman–Crippen LogP) is 6.52. The van der Waals surface area contributed by atoms with E-state index in [0.717, 1.165) is 11.8 Å². The van der Waals surface area contributed by atoms with Crippen molar-refractivity contribution >= 4 is 21.0 Å². The lowest BCUT2D eigenvalue weighted by atomic mass is 10.1. The predicted molar refractivity (Wildman–Crippen MR) is 137 cm³/mol. The van der Waals surface area contributed by atoms with Crippen molar-refractivity contribution in [1.29, 1.82) is 0 Å². The zero-order chi connectivity index (χ0) is 30.3. The van der Waals surface area contributed by atoms with Crippen LogP contribution in [-0.4, -0.2) is 49.4 Å². The molecule has 0 saturated carbocycles. The molecular formula is C27H25F6O6S2+. The topological polar surface area (TPSA) is 82.1 Å². The second kappa shape index (κ2) is 11.1. The fraction of sp³-hybridized carbons (Fsp3) is 0.333. The molecule has 41 heavy (non-hydrogen) atoms. The SMILES string of the molecule is CC(Oc1cccc([S+](c2ccccc2)c2ccc(C3(C)OCC(F)(F)C(F)(F)CO3)cc2)c1)C(F)(F)S(=O)(=O)O. The zero-order valence-corrected chi connectivity index (χ0v) is 23.2. The van der Waals surface area contributed by atoms with Crippen LogP contribution in [0.2, 0.25) is 0 Å². The van der Waals surface area contributed by atoms with Crippen LogP contribution in [-0.2, 0) is 36.3 Å². The highest BCUT2D eigenvalue weighted by Crippen LogP contribution is 2.43. The van der Waals surface area contributed by atoms with Gasteiger partial charge in [0.1, 0.15) is 19.0 Å². The maximum atomic E-state index is 14.1. The Labute approximate surface area is 235 Å². The average molecular weight is 624 g/mol. The maximum Gasteiger partial charge on any atom is 0.405 e. The summed E-state index contributed by atoms with van der Waals surface area (Å²) in [6.45, 7) is -1.02. The van der Waals surface area contributed by atoms with Crippen molar-refractivity contribution in [2.24, 2.45) is 0 Å². The molecule has 0 aliphatic carbocycles. The third kappa shape index (κ3) is 6.36. The highest BCUT2D eigenvalue weighted by atomic mass is 32.2.